The highest BCUT2D eigenvalue weighted by atomic mass is 16.3. The van der Waals surface area contributed by atoms with Gasteiger partial charge >= 0.3 is 0 Å². The SMILES string of the molecule is CC(C)(C)C(=O)N1CC(O)C1. The van der Waals surface area contributed by atoms with Crippen molar-refractivity contribution in [3.8, 4) is 0 Å². The number of amides is 1. The molecular formula is C8H15NO2. The summed E-state index contributed by atoms with van der Waals surface area (Å²) in [4.78, 5) is 13.1. The molecule has 64 valence electrons. The van der Waals surface area contributed by atoms with Gasteiger partial charge in [-0.1, -0.05) is 20.8 Å². The van der Waals surface area contributed by atoms with E-state index in [2.05, 4.69) is 0 Å². The van der Waals surface area contributed by atoms with E-state index in [1.807, 2.05) is 20.8 Å². The maximum absolute atomic E-state index is 11.4. The third-order valence-corrected chi connectivity index (χ3v) is 1.79. The number of carbonyl (C=O) groups is 1. The first-order chi connectivity index (χ1) is 4.91. The Morgan fingerprint density at radius 2 is 1.91 bits per heavy atom. The fourth-order valence-electron chi connectivity index (χ4n) is 1.10. The van der Waals surface area contributed by atoms with E-state index >= 15 is 0 Å². The van der Waals surface area contributed by atoms with Gasteiger partial charge < -0.3 is 10.0 Å². The molecule has 1 amide bonds. The van der Waals surface area contributed by atoms with Crippen LogP contribution in [-0.4, -0.2) is 35.1 Å². The number of hydrogen-bond donors (Lipinski definition) is 1. The van der Waals surface area contributed by atoms with Crippen LogP contribution in [0.3, 0.4) is 0 Å². The van der Waals surface area contributed by atoms with Crippen LogP contribution in [0.15, 0.2) is 0 Å². The van der Waals surface area contributed by atoms with Crippen molar-refractivity contribution in [1.29, 1.82) is 0 Å². The molecule has 11 heavy (non-hydrogen) atoms. The lowest BCUT2D eigenvalue weighted by atomic mass is 9.93. The van der Waals surface area contributed by atoms with Gasteiger partial charge in [0, 0.05) is 18.5 Å². The van der Waals surface area contributed by atoms with E-state index in [1.165, 1.54) is 0 Å². The maximum atomic E-state index is 11.4. The predicted molar refractivity (Wildman–Crippen MR) is 42.0 cm³/mol. The van der Waals surface area contributed by atoms with Gasteiger partial charge in [0.2, 0.25) is 5.91 Å². The number of rotatable bonds is 0. The van der Waals surface area contributed by atoms with Gasteiger partial charge in [-0.3, -0.25) is 4.79 Å². The van der Waals surface area contributed by atoms with Gasteiger partial charge in [-0.25, -0.2) is 0 Å². The molecule has 1 heterocycles. The monoisotopic (exact) mass is 157 g/mol. The van der Waals surface area contributed by atoms with E-state index in [0.29, 0.717) is 13.1 Å². The molecular weight excluding hydrogens is 142 g/mol. The second-order valence-corrected chi connectivity index (χ2v) is 4.11. The highest BCUT2D eigenvalue weighted by Gasteiger charge is 2.34. The highest BCUT2D eigenvalue weighted by Crippen LogP contribution is 2.21. The van der Waals surface area contributed by atoms with Gasteiger partial charge in [-0.15, -0.1) is 0 Å². The second-order valence-electron chi connectivity index (χ2n) is 4.11. The Kier molecular flexibility index (Phi) is 1.92. The van der Waals surface area contributed by atoms with Crippen molar-refractivity contribution in [2.45, 2.75) is 26.9 Å². The normalized spacial score (nSPS) is 19.8. The Balaban J connectivity index is 2.45. The Morgan fingerprint density at radius 1 is 1.45 bits per heavy atom. The predicted octanol–water partition coefficient (Wildman–Crippen LogP) is 0.236. The molecule has 0 aromatic carbocycles. The number of aliphatic hydroxyl groups excluding tert-OH is 1. The van der Waals surface area contributed by atoms with E-state index in [0.717, 1.165) is 0 Å². The molecule has 1 aliphatic rings. The number of nitrogens with zero attached hydrogens (tertiary/aromatic N) is 1. The minimum absolute atomic E-state index is 0.128. The number of hydrogen-bond acceptors (Lipinski definition) is 2. The molecule has 1 fully saturated rings. The minimum atomic E-state index is -0.305. The zero-order chi connectivity index (χ0) is 8.65. The molecule has 0 radical (unpaired) electrons. The molecule has 0 aliphatic carbocycles. The molecule has 3 heteroatoms. The van der Waals surface area contributed by atoms with Crippen molar-refractivity contribution in [3.05, 3.63) is 0 Å². The Morgan fingerprint density at radius 3 is 2.18 bits per heavy atom. The van der Waals surface area contributed by atoms with E-state index < -0.39 is 0 Å². The summed E-state index contributed by atoms with van der Waals surface area (Å²) in [6.45, 7) is 6.69. The number of likely N-dealkylation sites (tertiary alicyclic amines) is 1. The molecule has 1 rings (SSSR count). The van der Waals surface area contributed by atoms with Crippen molar-refractivity contribution in [2.75, 3.05) is 13.1 Å². The molecule has 0 atom stereocenters. The lowest BCUT2D eigenvalue weighted by molar-refractivity contribution is -0.149. The summed E-state index contributed by atoms with van der Waals surface area (Å²) in [5, 5.41) is 8.94. The smallest absolute Gasteiger partial charge is 0.228 e. The van der Waals surface area contributed by atoms with Crippen LogP contribution in [0.25, 0.3) is 0 Å². The zero-order valence-electron chi connectivity index (χ0n) is 7.29. The Labute approximate surface area is 67.0 Å². The first-order valence-corrected chi connectivity index (χ1v) is 3.88. The summed E-state index contributed by atoms with van der Waals surface area (Å²) < 4.78 is 0. The number of carbonyl (C=O) groups excluding carboxylic acids is 1. The quantitative estimate of drug-likeness (QED) is 0.547. The lowest BCUT2D eigenvalue weighted by Crippen LogP contribution is -2.56. The van der Waals surface area contributed by atoms with Crippen LogP contribution in [-0.2, 0) is 4.79 Å². The minimum Gasteiger partial charge on any atom is -0.389 e. The molecule has 1 N–H and O–H groups in total. The summed E-state index contributed by atoms with van der Waals surface area (Å²) in [6.07, 6.45) is -0.290. The van der Waals surface area contributed by atoms with Crippen LogP contribution >= 0.6 is 0 Å². The van der Waals surface area contributed by atoms with Gasteiger partial charge in [-0.2, -0.15) is 0 Å². The zero-order valence-corrected chi connectivity index (χ0v) is 7.29. The summed E-state index contributed by atoms with van der Waals surface area (Å²) in [5.41, 5.74) is -0.305. The molecule has 1 saturated heterocycles. The van der Waals surface area contributed by atoms with Gasteiger partial charge in [-0.05, 0) is 0 Å². The first-order valence-electron chi connectivity index (χ1n) is 3.88. The maximum Gasteiger partial charge on any atom is 0.228 e. The van der Waals surface area contributed by atoms with Gasteiger partial charge in [0.15, 0.2) is 0 Å². The average molecular weight is 157 g/mol. The van der Waals surface area contributed by atoms with E-state index in [4.69, 9.17) is 5.11 Å². The molecule has 0 aromatic heterocycles. The van der Waals surface area contributed by atoms with Crippen LogP contribution in [0.2, 0.25) is 0 Å². The van der Waals surface area contributed by atoms with Gasteiger partial charge in [0.1, 0.15) is 0 Å². The topological polar surface area (TPSA) is 40.5 Å². The Hall–Kier alpha value is -0.570. The Bertz CT molecular complexity index is 165. The fraction of sp³-hybridized carbons (Fsp3) is 0.875. The summed E-state index contributed by atoms with van der Waals surface area (Å²) in [6, 6.07) is 0. The van der Waals surface area contributed by atoms with Crippen LogP contribution in [0.1, 0.15) is 20.8 Å². The van der Waals surface area contributed by atoms with Crippen LogP contribution in [0.4, 0.5) is 0 Å². The van der Waals surface area contributed by atoms with Crippen LogP contribution in [0.5, 0.6) is 0 Å². The van der Waals surface area contributed by atoms with Crippen molar-refractivity contribution in [2.24, 2.45) is 5.41 Å². The number of β-amino-alcohol motifs (C(OH)–C–C–N with tert-alkyl or cyclic N) is 1. The summed E-state index contributed by atoms with van der Waals surface area (Å²) in [5.74, 6) is 0.128. The van der Waals surface area contributed by atoms with Crippen molar-refractivity contribution in [3.63, 3.8) is 0 Å². The second kappa shape index (κ2) is 2.48. The molecule has 1 aliphatic heterocycles. The third-order valence-electron chi connectivity index (χ3n) is 1.79. The molecule has 3 nitrogen and oxygen atoms in total. The average Bonchev–Trinajstić information content (AvgIpc) is 1.77. The molecule has 0 aromatic rings. The third kappa shape index (κ3) is 1.71. The summed E-state index contributed by atoms with van der Waals surface area (Å²) in [7, 11) is 0. The molecule has 0 spiro atoms. The van der Waals surface area contributed by atoms with Gasteiger partial charge in [0.25, 0.3) is 0 Å². The highest BCUT2D eigenvalue weighted by molar-refractivity contribution is 5.82. The van der Waals surface area contributed by atoms with Gasteiger partial charge in [0.05, 0.1) is 6.10 Å². The fourth-order valence-corrected chi connectivity index (χ4v) is 1.10. The van der Waals surface area contributed by atoms with E-state index in [1.54, 1.807) is 4.90 Å². The van der Waals surface area contributed by atoms with Crippen LogP contribution in [0, 0.1) is 5.41 Å². The standard InChI is InChI=1S/C8H15NO2/c1-8(2,3)7(11)9-4-6(10)5-9/h6,10H,4-5H2,1-3H3. The molecule has 0 bridgehead atoms. The van der Waals surface area contributed by atoms with Crippen molar-refractivity contribution in [1.82, 2.24) is 4.90 Å². The van der Waals surface area contributed by atoms with E-state index in [-0.39, 0.29) is 17.4 Å². The van der Waals surface area contributed by atoms with Crippen molar-refractivity contribution < 1.29 is 9.90 Å². The van der Waals surface area contributed by atoms with E-state index in [9.17, 15) is 4.79 Å². The van der Waals surface area contributed by atoms with Crippen LogP contribution < -0.4 is 0 Å². The molecule has 0 unspecified atom stereocenters. The number of aliphatic hydroxyl groups is 1. The summed E-state index contributed by atoms with van der Waals surface area (Å²) >= 11 is 0. The molecule has 0 saturated carbocycles. The largest absolute Gasteiger partial charge is 0.389 e. The first kappa shape index (κ1) is 8.53. The van der Waals surface area contributed by atoms with Crippen molar-refractivity contribution >= 4 is 5.91 Å². The lowest BCUT2D eigenvalue weighted by Gasteiger charge is -2.39.